The molecule has 0 saturated heterocycles. The molecule has 1 aliphatic rings. The van der Waals surface area contributed by atoms with Crippen molar-refractivity contribution in [2.75, 3.05) is 18.5 Å². The zero-order valence-electron chi connectivity index (χ0n) is 18.9. The van der Waals surface area contributed by atoms with Gasteiger partial charge in [-0.15, -0.1) is 0 Å². The number of carbonyl (C=O) groups excluding carboxylic acids is 1. The molecule has 4 rings (SSSR count). The van der Waals surface area contributed by atoms with Crippen molar-refractivity contribution in [3.8, 4) is 5.75 Å². The number of carboxylic acid groups (broad SMARTS) is 1. The van der Waals surface area contributed by atoms with E-state index in [2.05, 4.69) is 21.7 Å². The van der Waals surface area contributed by atoms with E-state index < -0.39 is 23.7 Å². The quantitative estimate of drug-likeness (QED) is 0.408. The van der Waals surface area contributed by atoms with Crippen LogP contribution in [0.5, 0.6) is 5.75 Å². The molecule has 0 fully saturated rings. The van der Waals surface area contributed by atoms with Crippen molar-refractivity contribution in [3.63, 3.8) is 0 Å². The van der Waals surface area contributed by atoms with Crippen LogP contribution < -0.4 is 15.4 Å². The number of aliphatic carboxylic acids is 1. The van der Waals surface area contributed by atoms with E-state index in [9.17, 15) is 19.1 Å². The normalized spacial score (nSPS) is 13.3. The highest BCUT2D eigenvalue weighted by Crippen LogP contribution is 2.21. The van der Waals surface area contributed by atoms with Gasteiger partial charge in [0.1, 0.15) is 23.4 Å². The number of aryl methyl sites for hydroxylation is 1. The summed E-state index contributed by atoms with van der Waals surface area (Å²) < 4.78 is 19.8. The molecule has 0 saturated carbocycles. The maximum absolute atomic E-state index is 14.0. The molecule has 3 aromatic rings. The number of nitrogens with one attached hydrogen (secondary N) is 2. The number of fused-ring (bicyclic) bond motifs is 1. The smallest absolute Gasteiger partial charge is 0.326 e. The average molecular weight is 498 g/mol. The molecule has 9 heteroatoms. The van der Waals surface area contributed by atoms with Gasteiger partial charge in [0.05, 0.1) is 17.2 Å². The topological polar surface area (TPSA) is 101 Å². The first-order valence-corrected chi connectivity index (χ1v) is 11.7. The van der Waals surface area contributed by atoms with Crippen LogP contribution in [0.2, 0.25) is 5.02 Å². The predicted molar refractivity (Wildman–Crippen MR) is 131 cm³/mol. The summed E-state index contributed by atoms with van der Waals surface area (Å²) in [5.41, 5.74) is 2.48. The number of carboxylic acids is 1. The van der Waals surface area contributed by atoms with E-state index in [0.29, 0.717) is 24.3 Å². The highest BCUT2D eigenvalue weighted by Gasteiger charge is 2.24. The van der Waals surface area contributed by atoms with Crippen molar-refractivity contribution in [3.05, 3.63) is 87.8 Å². The number of hydrogen-bond acceptors (Lipinski definition) is 5. The number of carbonyl (C=O) groups is 2. The van der Waals surface area contributed by atoms with Crippen molar-refractivity contribution in [1.82, 2.24) is 10.3 Å². The summed E-state index contributed by atoms with van der Waals surface area (Å²) in [6.07, 6.45) is 2.83. The highest BCUT2D eigenvalue weighted by atomic mass is 35.5. The number of ether oxygens (including phenoxy) is 1. The summed E-state index contributed by atoms with van der Waals surface area (Å²) in [4.78, 5) is 28.8. The van der Waals surface area contributed by atoms with E-state index in [0.717, 1.165) is 37.0 Å². The van der Waals surface area contributed by atoms with Crippen molar-refractivity contribution >= 4 is 29.3 Å². The summed E-state index contributed by atoms with van der Waals surface area (Å²) in [6, 6.07) is 13.6. The van der Waals surface area contributed by atoms with Crippen molar-refractivity contribution in [1.29, 1.82) is 0 Å². The fourth-order valence-electron chi connectivity index (χ4n) is 3.88. The first-order valence-electron chi connectivity index (χ1n) is 11.3. The van der Waals surface area contributed by atoms with Crippen molar-refractivity contribution in [2.24, 2.45) is 0 Å². The van der Waals surface area contributed by atoms with Crippen molar-refractivity contribution in [2.45, 2.75) is 31.7 Å². The van der Waals surface area contributed by atoms with E-state index in [1.54, 1.807) is 24.3 Å². The fourth-order valence-corrected chi connectivity index (χ4v) is 4.13. The summed E-state index contributed by atoms with van der Waals surface area (Å²) >= 11 is 5.91. The van der Waals surface area contributed by atoms with E-state index in [1.165, 1.54) is 17.7 Å². The third kappa shape index (κ3) is 6.27. The van der Waals surface area contributed by atoms with Gasteiger partial charge in [0.25, 0.3) is 5.91 Å². The van der Waals surface area contributed by atoms with E-state index in [1.807, 2.05) is 6.07 Å². The zero-order chi connectivity index (χ0) is 24.8. The lowest BCUT2D eigenvalue weighted by Gasteiger charge is -2.17. The number of anilines is 1. The van der Waals surface area contributed by atoms with E-state index >= 15 is 0 Å². The predicted octanol–water partition coefficient (Wildman–Crippen LogP) is 4.28. The second-order valence-corrected chi connectivity index (χ2v) is 8.66. The molecule has 2 aromatic carbocycles. The molecular formula is C26H25ClFN3O4. The molecule has 0 aliphatic carbocycles. The average Bonchev–Trinajstić information content (AvgIpc) is 2.84. The molecule has 7 nitrogen and oxygen atoms in total. The molecule has 182 valence electrons. The lowest BCUT2D eigenvalue weighted by molar-refractivity contribution is -0.139. The van der Waals surface area contributed by atoms with Crippen LogP contribution in [0.15, 0.2) is 54.6 Å². The van der Waals surface area contributed by atoms with Gasteiger partial charge in [-0.1, -0.05) is 35.9 Å². The Morgan fingerprint density at radius 2 is 1.97 bits per heavy atom. The van der Waals surface area contributed by atoms with Crippen LogP contribution in [0.3, 0.4) is 0 Å². The standard InChI is InChI=1S/C26H25ClFN3O4/c27-20-4-1-5-21(28)23(20)25(32)31-22(26(33)34)15-16-6-10-19(11-7-16)35-14-12-18-9-8-17-3-2-13-29-24(17)30-18/h1,4-11,22H,2-3,12-15H2,(H,29,30)(H,31,32)(H,33,34). The molecule has 1 atom stereocenters. The van der Waals surface area contributed by atoms with Gasteiger partial charge in [-0.3, -0.25) is 4.79 Å². The highest BCUT2D eigenvalue weighted by molar-refractivity contribution is 6.33. The van der Waals surface area contributed by atoms with Crippen LogP contribution >= 0.6 is 11.6 Å². The zero-order valence-corrected chi connectivity index (χ0v) is 19.6. The number of aromatic nitrogens is 1. The summed E-state index contributed by atoms with van der Waals surface area (Å²) in [6.45, 7) is 1.39. The minimum absolute atomic E-state index is 0.0134. The van der Waals surface area contributed by atoms with E-state index in [-0.39, 0.29) is 17.0 Å². The molecule has 3 N–H and O–H groups in total. The first kappa shape index (κ1) is 24.5. The lowest BCUT2D eigenvalue weighted by atomic mass is 10.0. The number of hydrogen-bond donors (Lipinski definition) is 3. The van der Waals surface area contributed by atoms with Crippen LogP contribution in [-0.2, 0) is 24.1 Å². The second-order valence-electron chi connectivity index (χ2n) is 8.25. The Labute approximate surface area is 207 Å². The lowest BCUT2D eigenvalue weighted by Crippen LogP contribution is -2.42. The number of rotatable bonds is 9. The minimum Gasteiger partial charge on any atom is -0.493 e. The molecule has 0 radical (unpaired) electrons. The van der Waals surface area contributed by atoms with Crippen molar-refractivity contribution < 1.29 is 23.8 Å². The third-order valence-corrected chi connectivity index (χ3v) is 6.05. The van der Waals surface area contributed by atoms with Gasteiger partial charge in [0, 0.05) is 25.1 Å². The Bertz CT molecular complexity index is 1200. The largest absolute Gasteiger partial charge is 0.493 e. The van der Waals surface area contributed by atoms with Crippen LogP contribution in [-0.4, -0.2) is 41.2 Å². The molecule has 1 aliphatic heterocycles. The van der Waals surface area contributed by atoms with Gasteiger partial charge in [-0.2, -0.15) is 0 Å². The monoisotopic (exact) mass is 497 g/mol. The number of pyridine rings is 1. The Kier molecular flexibility index (Phi) is 7.82. The van der Waals surface area contributed by atoms with Gasteiger partial charge in [-0.05, 0) is 54.3 Å². The molecule has 35 heavy (non-hydrogen) atoms. The molecule has 0 spiro atoms. The number of halogens is 2. The molecular weight excluding hydrogens is 473 g/mol. The fraction of sp³-hybridized carbons (Fsp3) is 0.269. The van der Waals surface area contributed by atoms with Gasteiger partial charge in [-0.25, -0.2) is 14.2 Å². The Balaban J connectivity index is 1.31. The van der Waals surface area contributed by atoms with Crippen LogP contribution in [0.1, 0.15) is 33.6 Å². The van der Waals surface area contributed by atoms with Crippen LogP contribution in [0, 0.1) is 5.82 Å². The van der Waals surface area contributed by atoms with E-state index in [4.69, 9.17) is 16.3 Å². The molecule has 1 aromatic heterocycles. The molecule has 0 bridgehead atoms. The Morgan fingerprint density at radius 1 is 1.17 bits per heavy atom. The third-order valence-electron chi connectivity index (χ3n) is 5.74. The number of benzene rings is 2. The molecule has 2 heterocycles. The Morgan fingerprint density at radius 3 is 2.71 bits per heavy atom. The van der Waals surface area contributed by atoms with Crippen LogP contribution in [0.4, 0.5) is 10.2 Å². The SMILES string of the molecule is O=C(NC(Cc1ccc(OCCc2ccc3c(n2)NCCC3)cc1)C(=O)O)c1c(F)cccc1Cl. The molecule has 1 unspecified atom stereocenters. The number of amides is 1. The Hall–Kier alpha value is -3.65. The maximum Gasteiger partial charge on any atom is 0.326 e. The second kappa shape index (κ2) is 11.2. The maximum atomic E-state index is 14.0. The summed E-state index contributed by atoms with van der Waals surface area (Å²) in [5, 5.41) is 15.1. The van der Waals surface area contributed by atoms with Gasteiger partial charge in [0.15, 0.2) is 0 Å². The summed E-state index contributed by atoms with van der Waals surface area (Å²) in [5.74, 6) is -1.35. The van der Waals surface area contributed by atoms with Gasteiger partial charge in [0.2, 0.25) is 0 Å². The van der Waals surface area contributed by atoms with Gasteiger partial charge < -0.3 is 20.5 Å². The van der Waals surface area contributed by atoms with Crippen LogP contribution in [0.25, 0.3) is 0 Å². The summed E-state index contributed by atoms with van der Waals surface area (Å²) in [7, 11) is 0. The minimum atomic E-state index is -1.26. The van der Waals surface area contributed by atoms with Gasteiger partial charge >= 0.3 is 5.97 Å². The molecule has 1 amide bonds. The number of nitrogens with zero attached hydrogens (tertiary/aromatic N) is 1. The first-order chi connectivity index (χ1) is 16.9.